The molecule has 0 fully saturated rings. The van der Waals surface area contributed by atoms with E-state index >= 15 is 0 Å². The average molecular weight is 380 g/mol. The summed E-state index contributed by atoms with van der Waals surface area (Å²) in [5.41, 5.74) is 0.996. The molecule has 0 atom stereocenters. The number of halogens is 3. The molecule has 0 amide bonds. The first-order chi connectivity index (χ1) is 12.1. The van der Waals surface area contributed by atoms with Gasteiger partial charge in [0.2, 0.25) is 10.0 Å². The number of benzene rings is 2. The highest BCUT2D eigenvalue weighted by Crippen LogP contribution is 2.33. The Kier molecular flexibility index (Phi) is 4.37. The minimum atomic E-state index is -4.61. The summed E-state index contributed by atoms with van der Waals surface area (Å²) in [7, 11) is -3.90. The molecule has 0 aliphatic rings. The van der Waals surface area contributed by atoms with Gasteiger partial charge >= 0.3 is 6.18 Å². The Hall–Kier alpha value is -2.65. The van der Waals surface area contributed by atoms with Gasteiger partial charge in [0.15, 0.2) is 5.69 Å². The van der Waals surface area contributed by atoms with Crippen molar-refractivity contribution in [2.24, 2.45) is 5.14 Å². The molecule has 26 heavy (non-hydrogen) atoms. The third kappa shape index (κ3) is 3.63. The van der Waals surface area contributed by atoms with Crippen molar-refractivity contribution >= 4 is 10.0 Å². The van der Waals surface area contributed by atoms with E-state index in [1.165, 1.54) is 24.3 Å². The van der Waals surface area contributed by atoms with Crippen LogP contribution in [0.1, 0.15) is 11.3 Å². The average Bonchev–Trinajstić information content (AvgIpc) is 3.00. The van der Waals surface area contributed by atoms with E-state index in [0.29, 0.717) is 5.56 Å². The van der Waals surface area contributed by atoms with Crippen LogP contribution in [0.5, 0.6) is 0 Å². The van der Waals surface area contributed by atoms with Crippen molar-refractivity contribution in [3.63, 3.8) is 0 Å². The second-order valence-electron chi connectivity index (χ2n) is 5.73. The van der Waals surface area contributed by atoms with Crippen LogP contribution in [0.3, 0.4) is 0 Å². The van der Waals surface area contributed by atoms with Crippen LogP contribution in [0.4, 0.5) is 13.2 Å². The normalized spacial score (nSPS) is 12.3. The summed E-state index contributed by atoms with van der Waals surface area (Å²) in [6.07, 6.45) is -4.61. The molecule has 0 aliphatic heterocycles. The number of aromatic nitrogens is 2. The van der Waals surface area contributed by atoms with Gasteiger partial charge < -0.3 is 0 Å². The Morgan fingerprint density at radius 2 is 1.58 bits per heavy atom. The number of sulfonamides is 1. The fourth-order valence-electron chi connectivity index (χ4n) is 2.42. The van der Waals surface area contributed by atoms with Gasteiger partial charge in [-0.1, -0.05) is 29.8 Å². The molecule has 1 heterocycles. The molecule has 0 unspecified atom stereocenters. The highest BCUT2D eigenvalue weighted by atomic mass is 32.2. The van der Waals surface area contributed by atoms with Gasteiger partial charge in [-0.3, -0.25) is 0 Å². The van der Waals surface area contributed by atoms with Gasteiger partial charge in [-0.05, 0) is 37.3 Å². The molecule has 0 saturated heterocycles. The standard InChI is InChI=1S/C17H14F3N3O2S/c1-11-2-4-12(5-3-11)15-10-16(17(18,19)20)22-23(15)13-6-8-14(9-7-13)26(21,24)25/h2-10H,1H3,(H2,21,24,25)/i1-1. The zero-order valence-corrected chi connectivity index (χ0v) is 14.3. The van der Waals surface area contributed by atoms with Gasteiger partial charge in [-0.25, -0.2) is 18.2 Å². The predicted molar refractivity (Wildman–Crippen MR) is 90.1 cm³/mol. The van der Waals surface area contributed by atoms with Gasteiger partial charge in [0.1, 0.15) is 0 Å². The zero-order valence-electron chi connectivity index (χ0n) is 13.5. The lowest BCUT2D eigenvalue weighted by Gasteiger charge is -2.09. The number of nitrogens with zero attached hydrogens (tertiary/aromatic N) is 2. The van der Waals surface area contributed by atoms with Crippen LogP contribution >= 0.6 is 0 Å². The summed E-state index contributed by atoms with van der Waals surface area (Å²) >= 11 is 0. The van der Waals surface area contributed by atoms with Crippen LogP contribution in [0.2, 0.25) is 0 Å². The Balaban J connectivity index is 2.16. The maximum Gasteiger partial charge on any atom is 0.435 e. The van der Waals surface area contributed by atoms with E-state index in [2.05, 4.69) is 5.10 Å². The summed E-state index contributed by atoms with van der Waals surface area (Å²) in [5.74, 6) is 0. The van der Waals surface area contributed by atoms with E-state index in [-0.39, 0.29) is 16.3 Å². The van der Waals surface area contributed by atoms with E-state index in [4.69, 9.17) is 5.14 Å². The molecule has 0 bridgehead atoms. The topological polar surface area (TPSA) is 78.0 Å². The lowest BCUT2D eigenvalue weighted by molar-refractivity contribution is -0.141. The van der Waals surface area contributed by atoms with Gasteiger partial charge in [-0.15, -0.1) is 0 Å². The smallest absolute Gasteiger partial charge is 0.233 e. The van der Waals surface area contributed by atoms with Crippen molar-refractivity contribution in [1.29, 1.82) is 0 Å². The quantitative estimate of drug-likeness (QED) is 0.755. The van der Waals surface area contributed by atoms with Crippen molar-refractivity contribution < 1.29 is 21.6 Å². The van der Waals surface area contributed by atoms with Gasteiger partial charge in [0.25, 0.3) is 0 Å². The van der Waals surface area contributed by atoms with Crippen molar-refractivity contribution in [3.8, 4) is 16.9 Å². The highest BCUT2D eigenvalue weighted by molar-refractivity contribution is 7.89. The number of primary sulfonamides is 1. The maximum absolute atomic E-state index is 13.1. The third-order valence-corrected chi connectivity index (χ3v) is 4.69. The molecular formula is C17H14F3N3O2S. The number of alkyl halides is 3. The number of hydrogen-bond donors (Lipinski definition) is 1. The Morgan fingerprint density at radius 3 is 2.08 bits per heavy atom. The molecule has 0 saturated carbocycles. The molecular weight excluding hydrogens is 366 g/mol. The minimum absolute atomic E-state index is 0.138. The lowest BCUT2D eigenvalue weighted by atomic mass is 10.0. The van der Waals surface area contributed by atoms with Crippen molar-refractivity contribution in [2.45, 2.75) is 18.0 Å². The van der Waals surface area contributed by atoms with Crippen LogP contribution in [-0.2, 0) is 16.2 Å². The van der Waals surface area contributed by atoms with Gasteiger partial charge in [0.05, 0.1) is 16.3 Å². The van der Waals surface area contributed by atoms with Crippen LogP contribution in [-0.4, -0.2) is 18.2 Å². The molecule has 2 N–H and O–H groups in total. The van der Waals surface area contributed by atoms with Crippen LogP contribution in [0.15, 0.2) is 59.5 Å². The molecule has 9 heteroatoms. The summed E-state index contributed by atoms with van der Waals surface area (Å²) in [6, 6.07) is 13.1. The van der Waals surface area contributed by atoms with Crippen LogP contribution in [0.25, 0.3) is 16.9 Å². The molecule has 136 valence electrons. The molecule has 1 aromatic heterocycles. The molecule has 5 nitrogen and oxygen atoms in total. The van der Waals surface area contributed by atoms with E-state index in [0.717, 1.165) is 16.3 Å². The first kappa shape index (κ1) is 18.2. The Bertz CT molecular complexity index is 1040. The zero-order chi connectivity index (χ0) is 19.1. The third-order valence-electron chi connectivity index (χ3n) is 3.76. The first-order valence-corrected chi connectivity index (χ1v) is 8.98. The van der Waals surface area contributed by atoms with Gasteiger partial charge in [-0.2, -0.15) is 18.3 Å². The molecule has 0 spiro atoms. The maximum atomic E-state index is 13.1. The van der Waals surface area contributed by atoms with Crippen molar-refractivity contribution in [2.75, 3.05) is 0 Å². The molecule has 2 aromatic carbocycles. The summed E-state index contributed by atoms with van der Waals surface area (Å²) in [5, 5.41) is 8.70. The van der Waals surface area contributed by atoms with Crippen molar-refractivity contribution in [3.05, 3.63) is 65.9 Å². The molecule has 3 rings (SSSR count). The van der Waals surface area contributed by atoms with E-state index < -0.39 is 21.9 Å². The molecule has 3 aromatic rings. The first-order valence-electron chi connectivity index (χ1n) is 7.43. The summed E-state index contributed by atoms with van der Waals surface area (Å²) < 4.78 is 63.2. The Labute approximate surface area is 147 Å². The SMILES string of the molecule is [11CH3]c1ccc(-c2cc(C(F)(F)F)nn2-c2ccc(S(N)(=O)=O)cc2)cc1. The second kappa shape index (κ2) is 6.26. The Morgan fingerprint density at radius 1 is 1.00 bits per heavy atom. The molecule has 0 aliphatic carbocycles. The van der Waals surface area contributed by atoms with E-state index in [9.17, 15) is 21.6 Å². The largest absolute Gasteiger partial charge is 0.435 e. The van der Waals surface area contributed by atoms with Gasteiger partial charge in [0, 0.05) is 5.56 Å². The predicted octanol–water partition coefficient (Wildman–Crippen LogP) is 3.51. The summed E-state index contributed by atoms with van der Waals surface area (Å²) in [4.78, 5) is -0.138. The van der Waals surface area contributed by atoms with E-state index in [1.54, 1.807) is 24.3 Å². The van der Waals surface area contributed by atoms with E-state index in [1.807, 2.05) is 6.92 Å². The molecule has 0 radical (unpaired) electrons. The van der Waals surface area contributed by atoms with Crippen molar-refractivity contribution in [1.82, 2.24) is 9.78 Å². The number of nitrogens with two attached hydrogens (primary N) is 1. The minimum Gasteiger partial charge on any atom is -0.233 e. The monoisotopic (exact) mass is 380 g/mol. The van der Waals surface area contributed by atoms with Crippen LogP contribution in [0, 0.1) is 6.92 Å². The number of rotatable bonds is 3. The van der Waals surface area contributed by atoms with Crippen LogP contribution < -0.4 is 5.14 Å². The highest BCUT2D eigenvalue weighted by Gasteiger charge is 2.35. The fourth-order valence-corrected chi connectivity index (χ4v) is 2.94. The second-order valence-corrected chi connectivity index (χ2v) is 7.29. The fraction of sp³-hybridized carbons (Fsp3) is 0.118. The summed E-state index contributed by atoms with van der Waals surface area (Å²) in [6.45, 7) is 1.87. The number of aryl methyl sites for hydroxylation is 1. The lowest BCUT2D eigenvalue weighted by Crippen LogP contribution is -2.12. The number of hydrogen-bond acceptors (Lipinski definition) is 3.